The molecule has 0 unspecified atom stereocenters. The molecule has 0 heterocycles. The van der Waals surface area contributed by atoms with Gasteiger partial charge in [0, 0.05) is 6.54 Å². The number of nitrogens with one attached hydrogen (secondary N) is 1. The first-order chi connectivity index (χ1) is 12.7. The number of aryl methyl sites for hydroxylation is 2. The van der Waals surface area contributed by atoms with Crippen LogP contribution in [0, 0.1) is 13.8 Å². The molecule has 0 saturated heterocycles. The molecule has 0 atom stereocenters. The van der Waals surface area contributed by atoms with E-state index in [-0.39, 0.29) is 12.5 Å². The summed E-state index contributed by atoms with van der Waals surface area (Å²) in [6, 6.07) is 12.9. The Labute approximate surface area is 161 Å². The van der Waals surface area contributed by atoms with Crippen LogP contribution in [0.2, 0.25) is 0 Å². The molecule has 27 heavy (non-hydrogen) atoms. The highest BCUT2D eigenvalue weighted by molar-refractivity contribution is 7.92. The van der Waals surface area contributed by atoms with E-state index in [2.05, 4.69) is 5.32 Å². The second kappa shape index (κ2) is 8.90. The van der Waals surface area contributed by atoms with Crippen molar-refractivity contribution in [1.82, 2.24) is 5.32 Å². The van der Waals surface area contributed by atoms with Crippen LogP contribution in [0.5, 0.6) is 5.75 Å². The molecule has 0 fully saturated rings. The van der Waals surface area contributed by atoms with Crippen molar-refractivity contribution in [2.75, 3.05) is 23.7 Å². The van der Waals surface area contributed by atoms with Crippen molar-refractivity contribution in [2.45, 2.75) is 27.3 Å². The van der Waals surface area contributed by atoms with Crippen molar-refractivity contribution in [3.63, 3.8) is 0 Å². The van der Waals surface area contributed by atoms with Crippen LogP contribution in [0.15, 0.2) is 42.5 Å². The van der Waals surface area contributed by atoms with E-state index in [1.807, 2.05) is 57.2 Å². The van der Waals surface area contributed by atoms with E-state index in [1.165, 1.54) is 0 Å². The molecule has 0 radical (unpaired) electrons. The quantitative estimate of drug-likeness (QED) is 0.752. The lowest BCUT2D eigenvalue weighted by molar-refractivity contribution is -0.119. The van der Waals surface area contributed by atoms with Crippen molar-refractivity contribution in [1.29, 1.82) is 0 Å². The van der Waals surface area contributed by atoms with Crippen molar-refractivity contribution < 1.29 is 17.9 Å². The number of nitrogens with zero attached hydrogens (tertiary/aromatic N) is 1. The number of hydrogen-bond donors (Lipinski definition) is 1. The number of carbonyl (C=O) groups is 1. The topological polar surface area (TPSA) is 75.7 Å². The number of rotatable bonds is 8. The highest BCUT2D eigenvalue weighted by Crippen LogP contribution is 2.23. The van der Waals surface area contributed by atoms with E-state index >= 15 is 0 Å². The number of ether oxygens (including phenoxy) is 1. The van der Waals surface area contributed by atoms with E-state index in [0.717, 1.165) is 33.0 Å². The van der Waals surface area contributed by atoms with E-state index < -0.39 is 10.0 Å². The maximum atomic E-state index is 12.4. The summed E-state index contributed by atoms with van der Waals surface area (Å²) in [7, 11) is -3.59. The monoisotopic (exact) mass is 390 g/mol. The van der Waals surface area contributed by atoms with Gasteiger partial charge in [-0.2, -0.15) is 0 Å². The Kier molecular flexibility index (Phi) is 6.85. The Bertz CT molecular complexity index is 893. The van der Waals surface area contributed by atoms with Gasteiger partial charge < -0.3 is 10.1 Å². The van der Waals surface area contributed by atoms with Crippen LogP contribution < -0.4 is 14.4 Å². The van der Waals surface area contributed by atoms with Crippen LogP contribution in [-0.4, -0.2) is 33.7 Å². The summed E-state index contributed by atoms with van der Waals surface area (Å²) in [4.78, 5) is 12.4. The highest BCUT2D eigenvalue weighted by atomic mass is 32.2. The molecule has 0 spiro atoms. The van der Waals surface area contributed by atoms with E-state index in [4.69, 9.17) is 4.74 Å². The Morgan fingerprint density at radius 3 is 2.33 bits per heavy atom. The van der Waals surface area contributed by atoms with E-state index in [1.54, 1.807) is 6.07 Å². The molecule has 1 N–H and O–H groups in total. The Morgan fingerprint density at radius 2 is 1.78 bits per heavy atom. The maximum absolute atomic E-state index is 12.4. The number of amides is 1. The second-order valence-corrected chi connectivity index (χ2v) is 8.32. The standard InChI is InChI=1S/C20H26N2O4S/c1-5-26-18-9-7-17(8-10-18)13-21-20(23)14-22(27(4,24)25)19-11-6-15(2)12-16(19)3/h6-12H,5,13-14H2,1-4H3,(H,21,23). The first kappa shape index (κ1) is 20.8. The fraction of sp³-hybridized carbons (Fsp3) is 0.350. The van der Waals surface area contributed by atoms with Crippen molar-refractivity contribution in [2.24, 2.45) is 0 Å². The van der Waals surface area contributed by atoms with Gasteiger partial charge in [0.15, 0.2) is 0 Å². The van der Waals surface area contributed by atoms with Gasteiger partial charge in [-0.1, -0.05) is 29.8 Å². The summed E-state index contributed by atoms with van der Waals surface area (Å²) >= 11 is 0. The van der Waals surface area contributed by atoms with Gasteiger partial charge >= 0.3 is 0 Å². The highest BCUT2D eigenvalue weighted by Gasteiger charge is 2.22. The molecule has 0 aliphatic carbocycles. The predicted molar refractivity (Wildman–Crippen MR) is 108 cm³/mol. The minimum atomic E-state index is -3.59. The van der Waals surface area contributed by atoms with Crippen LogP contribution in [0.25, 0.3) is 0 Å². The average Bonchev–Trinajstić information content (AvgIpc) is 2.59. The normalized spacial score (nSPS) is 11.1. The van der Waals surface area contributed by atoms with E-state index in [9.17, 15) is 13.2 Å². The molecule has 7 heteroatoms. The molecule has 6 nitrogen and oxygen atoms in total. The molecule has 146 valence electrons. The molecular weight excluding hydrogens is 364 g/mol. The Hall–Kier alpha value is -2.54. The van der Waals surface area contributed by atoms with Crippen molar-refractivity contribution in [3.05, 3.63) is 59.2 Å². The SMILES string of the molecule is CCOc1ccc(CNC(=O)CN(c2ccc(C)cc2C)S(C)(=O)=O)cc1. The van der Waals surface area contributed by atoms with Gasteiger partial charge in [-0.25, -0.2) is 8.42 Å². The summed E-state index contributed by atoms with van der Waals surface area (Å²) in [5, 5.41) is 2.77. The molecule has 2 aromatic carbocycles. The minimum Gasteiger partial charge on any atom is -0.494 e. The third-order valence-corrected chi connectivity index (χ3v) is 5.16. The fourth-order valence-corrected chi connectivity index (χ4v) is 3.64. The molecular formula is C20H26N2O4S. The molecule has 0 bridgehead atoms. The molecule has 1 amide bonds. The number of anilines is 1. The van der Waals surface area contributed by atoms with Crippen LogP contribution in [0.1, 0.15) is 23.6 Å². The molecule has 0 aliphatic rings. The minimum absolute atomic E-state index is 0.264. The second-order valence-electron chi connectivity index (χ2n) is 6.41. The van der Waals surface area contributed by atoms with Crippen LogP contribution in [0.4, 0.5) is 5.69 Å². The fourth-order valence-electron chi connectivity index (χ4n) is 2.72. The zero-order chi connectivity index (χ0) is 20.0. The third-order valence-electron chi connectivity index (χ3n) is 4.03. The Morgan fingerprint density at radius 1 is 1.11 bits per heavy atom. The first-order valence-corrected chi connectivity index (χ1v) is 10.6. The van der Waals surface area contributed by atoms with Gasteiger partial charge in [0.05, 0.1) is 18.6 Å². The van der Waals surface area contributed by atoms with Crippen molar-refractivity contribution in [3.8, 4) is 5.75 Å². The van der Waals surface area contributed by atoms with Gasteiger partial charge in [0.2, 0.25) is 15.9 Å². The lowest BCUT2D eigenvalue weighted by atomic mass is 10.1. The third kappa shape index (κ3) is 5.99. The van der Waals surface area contributed by atoms with E-state index in [0.29, 0.717) is 18.8 Å². The lowest BCUT2D eigenvalue weighted by Crippen LogP contribution is -2.40. The molecule has 0 saturated carbocycles. The predicted octanol–water partition coefficient (Wildman–Crippen LogP) is 2.78. The summed E-state index contributed by atoms with van der Waals surface area (Å²) in [6.07, 6.45) is 1.10. The molecule has 2 aromatic rings. The Balaban J connectivity index is 2.06. The number of benzene rings is 2. The summed E-state index contributed by atoms with van der Waals surface area (Å²) in [5.41, 5.74) is 3.26. The zero-order valence-corrected chi connectivity index (χ0v) is 17.0. The van der Waals surface area contributed by atoms with Gasteiger partial charge in [-0.3, -0.25) is 9.10 Å². The maximum Gasteiger partial charge on any atom is 0.241 e. The summed E-state index contributed by atoms with van der Waals surface area (Å²) in [6.45, 7) is 6.33. The lowest BCUT2D eigenvalue weighted by Gasteiger charge is -2.24. The number of carbonyl (C=O) groups excluding carboxylic acids is 1. The van der Waals surface area contributed by atoms with Gasteiger partial charge in [-0.05, 0) is 50.1 Å². The molecule has 0 aromatic heterocycles. The molecule has 2 rings (SSSR count). The van der Waals surface area contributed by atoms with Crippen LogP contribution >= 0.6 is 0 Å². The van der Waals surface area contributed by atoms with Crippen molar-refractivity contribution >= 4 is 21.6 Å². The average molecular weight is 391 g/mol. The zero-order valence-electron chi connectivity index (χ0n) is 16.2. The smallest absolute Gasteiger partial charge is 0.241 e. The van der Waals surface area contributed by atoms with Crippen LogP contribution in [0.3, 0.4) is 0 Å². The largest absolute Gasteiger partial charge is 0.494 e. The number of hydrogen-bond acceptors (Lipinski definition) is 4. The molecule has 0 aliphatic heterocycles. The first-order valence-electron chi connectivity index (χ1n) is 8.74. The van der Waals surface area contributed by atoms with Gasteiger partial charge in [0.1, 0.15) is 12.3 Å². The number of sulfonamides is 1. The summed E-state index contributed by atoms with van der Waals surface area (Å²) in [5.74, 6) is 0.403. The van der Waals surface area contributed by atoms with Gasteiger partial charge in [-0.15, -0.1) is 0 Å². The van der Waals surface area contributed by atoms with Crippen LogP contribution in [-0.2, 0) is 21.4 Å². The summed E-state index contributed by atoms with van der Waals surface area (Å²) < 4.78 is 30.9. The van der Waals surface area contributed by atoms with Gasteiger partial charge in [0.25, 0.3) is 0 Å².